The maximum atomic E-state index is 5.32. The highest BCUT2D eigenvalue weighted by atomic mass is 31.0. The molecule has 1 rings (SSSR count). The van der Waals surface area contributed by atoms with E-state index in [1.807, 2.05) is 31.2 Å². The van der Waals surface area contributed by atoms with Crippen LogP contribution < -0.4 is 5.30 Å². The number of benzene rings is 1. The minimum absolute atomic E-state index is 0.654. The Morgan fingerprint density at radius 1 is 1.15 bits per heavy atom. The largest absolute Gasteiger partial charge is 0.349 e. The average Bonchev–Trinajstić information content (AvgIpc) is 2.17. The molecule has 0 spiro atoms. The van der Waals surface area contributed by atoms with Gasteiger partial charge in [-0.05, 0) is 12.2 Å². The molecule has 0 fully saturated rings. The topological polar surface area (TPSA) is 18.5 Å². The Hall–Kier alpha value is -0.430. The second-order valence-corrected chi connectivity index (χ2v) is 3.56. The zero-order chi connectivity index (χ0) is 9.90. The van der Waals surface area contributed by atoms with E-state index in [1.165, 1.54) is 0 Å². The number of hydrogen-bond donors (Lipinski definition) is 0. The maximum absolute atomic E-state index is 5.32. The minimum Gasteiger partial charge on any atom is -0.349 e. The Morgan fingerprint density at radius 3 is 2.15 bits per heavy atom. The molecule has 0 bridgehead atoms. The predicted molar refractivity (Wildman–Crippen MR) is 57.2 cm³/mol. The van der Waals surface area contributed by atoms with Gasteiger partial charge in [0, 0.05) is 19.8 Å². The smallest absolute Gasteiger partial charge is 0.191 e. The first-order valence-corrected chi connectivity index (χ1v) is 4.67. The van der Waals surface area contributed by atoms with Gasteiger partial charge < -0.3 is 9.47 Å². The van der Waals surface area contributed by atoms with Crippen molar-refractivity contribution in [3.05, 3.63) is 29.8 Å². The van der Waals surface area contributed by atoms with Crippen molar-refractivity contribution in [2.75, 3.05) is 14.2 Å². The van der Waals surface area contributed by atoms with Crippen molar-refractivity contribution in [3.63, 3.8) is 0 Å². The van der Waals surface area contributed by atoms with E-state index in [4.69, 9.17) is 9.47 Å². The summed E-state index contributed by atoms with van der Waals surface area (Å²) >= 11 is 0. The van der Waals surface area contributed by atoms with Crippen LogP contribution in [0.4, 0.5) is 0 Å². The Labute approximate surface area is 81.4 Å². The first-order chi connectivity index (χ1) is 6.14. The Balaban J connectivity index is 3.12. The summed E-state index contributed by atoms with van der Waals surface area (Å²) in [6.45, 7) is 1.90. The molecule has 1 aromatic rings. The second-order valence-electron chi connectivity index (χ2n) is 2.94. The standard InChI is InChI=1S/C10H15O2P/c1-10(11-2,12-3)8-6-4-5-7-9(8)13/h4-7H,13H2,1-3H3. The molecule has 0 aliphatic carbocycles. The van der Waals surface area contributed by atoms with Gasteiger partial charge in [-0.2, -0.15) is 0 Å². The van der Waals surface area contributed by atoms with Crippen LogP contribution in [0.3, 0.4) is 0 Å². The lowest BCUT2D eigenvalue weighted by Crippen LogP contribution is -2.30. The fraction of sp³-hybridized carbons (Fsp3) is 0.400. The van der Waals surface area contributed by atoms with Gasteiger partial charge in [-0.3, -0.25) is 0 Å². The van der Waals surface area contributed by atoms with E-state index in [9.17, 15) is 0 Å². The van der Waals surface area contributed by atoms with E-state index in [-0.39, 0.29) is 0 Å². The zero-order valence-corrected chi connectivity index (χ0v) is 9.36. The third-order valence-electron chi connectivity index (χ3n) is 2.23. The summed E-state index contributed by atoms with van der Waals surface area (Å²) in [5.74, 6) is -0.654. The summed E-state index contributed by atoms with van der Waals surface area (Å²) in [5.41, 5.74) is 1.03. The van der Waals surface area contributed by atoms with Gasteiger partial charge >= 0.3 is 0 Å². The quantitative estimate of drug-likeness (QED) is 0.543. The molecule has 0 saturated heterocycles. The molecule has 0 aliphatic rings. The lowest BCUT2D eigenvalue weighted by molar-refractivity contribution is -0.201. The highest BCUT2D eigenvalue weighted by Crippen LogP contribution is 2.24. The van der Waals surface area contributed by atoms with Crippen LogP contribution in [0.5, 0.6) is 0 Å². The van der Waals surface area contributed by atoms with Crippen LogP contribution in [0.15, 0.2) is 24.3 Å². The number of ether oxygens (including phenoxy) is 2. The maximum Gasteiger partial charge on any atom is 0.191 e. The molecule has 0 radical (unpaired) electrons. The van der Waals surface area contributed by atoms with Crippen molar-refractivity contribution >= 4 is 14.5 Å². The number of hydrogen-bond acceptors (Lipinski definition) is 2. The van der Waals surface area contributed by atoms with Crippen LogP contribution in [0.25, 0.3) is 0 Å². The molecular formula is C10H15O2P. The van der Waals surface area contributed by atoms with Crippen molar-refractivity contribution in [2.24, 2.45) is 0 Å². The summed E-state index contributed by atoms with van der Waals surface area (Å²) in [5, 5.41) is 1.09. The van der Waals surface area contributed by atoms with Gasteiger partial charge in [0.1, 0.15) is 0 Å². The normalized spacial score (nSPS) is 11.7. The highest BCUT2D eigenvalue weighted by molar-refractivity contribution is 7.27. The van der Waals surface area contributed by atoms with Crippen molar-refractivity contribution in [1.82, 2.24) is 0 Å². The molecule has 1 unspecified atom stereocenters. The molecule has 0 aliphatic heterocycles. The van der Waals surface area contributed by atoms with E-state index in [0.717, 1.165) is 10.9 Å². The van der Waals surface area contributed by atoms with Crippen LogP contribution in [-0.2, 0) is 15.3 Å². The second kappa shape index (κ2) is 4.19. The summed E-state index contributed by atoms with van der Waals surface area (Å²) in [4.78, 5) is 0. The molecule has 13 heavy (non-hydrogen) atoms. The number of methoxy groups -OCH3 is 2. The number of rotatable bonds is 3. The molecule has 0 aromatic heterocycles. The first kappa shape index (κ1) is 10.6. The minimum atomic E-state index is -0.654. The van der Waals surface area contributed by atoms with E-state index in [0.29, 0.717) is 0 Å². The fourth-order valence-corrected chi connectivity index (χ4v) is 1.68. The van der Waals surface area contributed by atoms with E-state index in [2.05, 4.69) is 9.24 Å². The van der Waals surface area contributed by atoms with Crippen LogP contribution in [0, 0.1) is 0 Å². The highest BCUT2D eigenvalue weighted by Gasteiger charge is 2.26. The molecule has 72 valence electrons. The molecule has 1 atom stereocenters. The Bertz CT molecular complexity index is 282. The predicted octanol–water partition coefficient (Wildman–Crippen LogP) is 1.65. The summed E-state index contributed by atoms with van der Waals surface area (Å²) in [6.07, 6.45) is 0. The van der Waals surface area contributed by atoms with Crippen LogP contribution in [0.1, 0.15) is 12.5 Å². The summed E-state index contributed by atoms with van der Waals surface area (Å²) in [7, 11) is 5.95. The van der Waals surface area contributed by atoms with Gasteiger partial charge in [0.25, 0.3) is 0 Å². The van der Waals surface area contributed by atoms with Crippen LogP contribution >= 0.6 is 9.24 Å². The third-order valence-corrected chi connectivity index (χ3v) is 2.73. The lowest BCUT2D eigenvalue weighted by Gasteiger charge is -2.28. The van der Waals surface area contributed by atoms with Crippen LogP contribution in [0.2, 0.25) is 0 Å². The average molecular weight is 198 g/mol. The van der Waals surface area contributed by atoms with Crippen molar-refractivity contribution in [3.8, 4) is 0 Å². The lowest BCUT2D eigenvalue weighted by atomic mass is 10.1. The molecule has 0 heterocycles. The van der Waals surface area contributed by atoms with Gasteiger partial charge in [0.2, 0.25) is 0 Å². The molecule has 3 heteroatoms. The molecular weight excluding hydrogens is 183 g/mol. The molecule has 0 amide bonds. The van der Waals surface area contributed by atoms with E-state index >= 15 is 0 Å². The summed E-state index contributed by atoms with van der Waals surface area (Å²) in [6, 6.07) is 7.96. The zero-order valence-electron chi connectivity index (χ0n) is 8.20. The fourth-order valence-electron chi connectivity index (χ4n) is 1.21. The van der Waals surface area contributed by atoms with Crippen molar-refractivity contribution in [2.45, 2.75) is 12.7 Å². The van der Waals surface area contributed by atoms with Crippen molar-refractivity contribution < 1.29 is 9.47 Å². The Kier molecular flexibility index (Phi) is 3.43. The molecule has 2 nitrogen and oxygen atoms in total. The molecule has 0 saturated carbocycles. The first-order valence-electron chi connectivity index (χ1n) is 4.09. The van der Waals surface area contributed by atoms with Gasteiger partial charge in [0.15, 0.2) is 5.79 Å². The van der Waals surface area contributed by atoms with Gasteiger partial charge in [0.05, 0.1) is 0 Å². The van der Waals surface area contributed by atoms with E-state index in [1.54, 1.807) is 14.2 Å². The van der Waals surface area contributed by atoms with Gasteiger partial charge in [-0.25, -0.2) is 0 Å². The van der Waals surface area contributed by atoms with Gasteiger partial charge in [-0.15, -0.1) is 9.24 Å². The van der Waals surface area contributed by atoms with E-state index < -0.39 is 5.79 Å². The third kappa shape index (κ3) is 2.08. The monoisotopic (exact) mass is 198 g/mol. The summed E-state index contributed by atoms with van der Waals surface area (Å²) < 4.78 is 10.6. The Morgan fingerprint density at radius 2 is 1.69 bits per heavy atom. The van der Waals surface area contributed by atoms with Crippen LogP contribution in [-0.4, -0.2) is 14.2 Å². The van der Waals surface area contributed by atoms with Gasteiger partial charge in [-0.1, -0.05) is 24.3 Å². The molecule has 0 N–H and O–H groups in total. The SMILES string of the molecule is COC(C)(OC)c1ccccc1P. The van der Waals surface area contributed by atoms with Crippen molar-refractivity contribution in [1.29, 1.82) is 0 Å². The molecule has 1 aromatic carbocycles.